The molecule has 0 atom stereocenters. The third-order valence-electron chi connectivity index (χ3n) is 10.4. The Morgan fingerprint density at radius 2 is 0.897 bits per heavy atom. The Balaban J connectivity index is 1.37. The minimum Gasteiger partial charge on any atom is -0.493 e. The van der Waals surface area contributed by atoms with Crippen LogP contribution >= 0.6 is 0 Å². The topological polar surface area (TPSA) is 145 Å². The van der Waals surface area contributed by atoms with E-state index in [4.69, 9.17) is 28.4 Å². The number of ether oxygens (including phenoxy) is 6. The van der Waals surface area contributed by atoms with Crippen LogP contribution in [0, 0.1) is 11.6 Å². The van der Waals surface area contributed by atoms with Gasteiger partial charge in [-0.15, -0.1) is 0 Å². The molecule has 0 unspecified atom stereocenters. The van der Waals surface area contributed by atoms with Gasteiger partial charge in [0, 0.05) is 0 Å². The molecule has 0 saturated heterocycles. The number of hydrogen-bond acceptors (Lipinski definition) is 7. The molecular formula is C45H40F2N4O7. The zero-order valence-electron chi connectivity index (χ0n) is 33.2. The number of halogens is 2. The summed E-state index contributed by atoms with van der Waals surface area (Å²) >= 11 is 0. The fourth-order valence-corrected chi connectivity index (χ4v) is 7.49. The van der Waals surface area contributed by atoms with Crippen molar-refractivity contribution in [3.05, 3.63) is 128 Å². The van der Waals surface area contributed by atoms with Gasteiger partial charge >= 0.3 is 17.2 Å². The van der Waals surface area contributed by atoms with Crippen LogP contribution in [-0.4, -0.2) is 69.4 Å². The number of carbonyl (C=O) groups excluding carboxylic acids is 1. The molecule has 0 radical (unpaired) electrons. The maximum atomic E-state index is 14.8. The van der Waals surface area contributed by atoms with Gasteiger partial charge in [0.05, 0.1) is 55.5 Å². The number of benzene rings is 4. The second-order valence-electron chi connectivity index (χ2n) is 13.4. The van der Waals surface area contributed by atoms with Gasteiger partial charge in [-0.1, -0.05) is 12.1 Å². The Labute approximate surface area is 334 Å². The molecule has 4 aromatic rings. The third-order valence-corrected chi connectivity index (χ3v) is 10.4. The van der Waals surface area contributed by atoms with E-state index in [2.05, 4.69) is 9.58 Å². The van der Waals surface area contributed by atoms with Crippen LogP contribution in [0.1, 0.15) is 60.1 Å². The maximum Gasteiger partial charge on any atom is 0.351 e. The van der Waals surface area contributed by atoms with Crippen molar-refractivity contribution in [2.24, 2.45) is 0 Å². The molecule has 58 heavy (non-hydrogen) atoms. The first-order valence-electron chi connectivity index (χ1n) is 18.0. The number of nitrogens with zero attached hydrogens (tertiary/aromatic N) is 4. The van der Waals surface area contributed by atoms with Crippen molar-refractivity contribution in [3.8, 4) is 34.5 Å². The van der Waals surface area contributed by atoms with Crippen LogP contribution in [-0.2, 0) is 4.79 Å². The maximum absolute atomic E-state index is 14.8. The lowest BCUT2D eigenvalue weighted by molar-refractivity contribution is -0.116. The van der Waals surface area contributed by atoms with Gasteiger partial charge < -0.3 is 39.5 Å². The largest absolute Gasteiger partial charge is 0.493 e. The van der Waals surface area contributed by atoms with Gasteiger partial charge in [0.1, 0.15) is 11.6 Å². The Hall–Kier alpha value is -7.07. The molecule has 0 amide bonds. The average molecular weight is 787 g/mol. The number of rotatable bonds is 14. The number of fused-ring (bicyclic) bond motifs is 2. The Morgan fingerprint density at radius 3 is 1.19 bits per heavy atom. The highest BCUT2D eigenvalue weighted by Gasteiger charge is 2.38. The van der Waals surface area contributed by atoms with Crippen LogP contribution in [0.4, 0.5) is 8.78 Å². The summed E-state index contributed by atoms with van der Waals surface area (Å²) in [6, 6.07) is 15.7. The predicted octanol–water partition coefficient (Wildman–Crippen LogP) is 9.06. The molecule has 11 nitrogen and oxygen atoms in total. The summed E-state index contributed by atoms with van der Waals surface area (Å²) in [6.45, 7) is 3.63. The van der Waals surface area contributed by atoms with E-state index in [9.17, 15) is 24.6 Å². The first-order valence-corrected chi connectivity index (χ1v) is 18.0. The molecule has 0 spiro atoms. The number of ketones is 1. The van der Waals surface area contributed by atoms with E-state index in [1.807, 2.05) is 26.0 Å². The number of allylic oxidation sites excluding steroid dienone is 6. The molecule has 13 heteroatoms. The lowest BCUT2D eigenvalue weighted by atomic mass is 9.93. The second kappa shape index (κ2) is 17.0. The van der Waals surface area contributed by atoms with Crippen LogP contribution < -0.4 is 28.4 Å². The molecule has 2 aliphatic carbocycles. The van der Waals surface area contributed by atoms with Crippen molar-refractivity contribution in [2.75, 3.05) is 42.7 Å². The number of Topliss-reactive ketones (excluding diaryl/α,β-unsaturated/α-hetero) is 1. The Bertz CT molecular complexity index is 2380. The van der Waals surface area contributed by atoms with E-state index < -0.39 is 17.4 Å². The Kier molecular flexibility index (Phi) is 11.9. The van der Waals surface area contributed by atoms with Crippen molar-refractivity contribution in [1.82, 2.24) is 0 Å². The molecule has 0 heterocycles. The second-order valence-corrected chi connectivity index (χ2v) is 13.4. The fourth-order valence-electron chi connectivity index (χ4n) is 7.49. The first-order chi connectivity index (χ1) is 27.9. The van der Waals surface area contributed by atoms with Crippen LogP contribution in [0.3, 0.4) is 0 Å². The zero-order chi connectivity index (χ0) is 41.8. The number of hydrogen-bond donors (Lipinski definition) is 0. The van der Waals surface area contributed by atoms with Gasteiger partial charge in [-0.05, 0) is 141 Å². The molecule has 0 aliphatic heterocycles. The first kappa shape index (κ1) is 40.6. The van der Waals surface area contributed by atoms with E-state index in [0.29, 0.717) is 90.2 Å². The minimum atomic E-state index is -0.856. The van der Waals surface area contributed by atoms with Gasteiger partial charge in [-0.25, -0.2) is 8.78 Å². The highest BCUT2D eigenvalue weighted by atomic mass is 19.1. The molecule has 2 aliphatic rings. The number of carbonyl (C=O) groups is 1. The summed E-state index contributed by atoms with van der Waals surface area (Å²) in [6.07, 6.45) is 3.27. The summed E-state index contributed by atoms with van der Waals surface area (Å²) < 4.78 is 62.7. The standard InChI is InChI=1S/C45H40F2N4O7/c1-23-31(13-25-15-39(53-3)44(57-7)40(16-25)54-4)29-11-9-27(46)19-35(29)33(23)21-37(50-48)43(52)38(51-49)22-34-24(2)32(30-12-10-28(47)20-36(30)34)14-26-17-41(55-5)45(58-8)42(18-26)56-6/h9-20H,21-22H2,1-8H3/b31-13+,32-14+. The minimum absolute atomic E-state index is 0.237. The van der Waals surface area contributed by atoms with Crippen molar-refractivity contribution in [1.29, 1.82) is 0 Å². The molecule has 4 aromatic carbocycles. The smallest absolute Gasteiger partial charge is 0.351 e. The van der Waals surface area contributed by atoms with Crippen LogP contribution in [0.2, 0.25) is 0 Å². The van der Waals surface area contributed by atoms with Crippen molar-refractivity contribution in [2.45, 2.75) is 26.7 Å². The van der Waals surface area contributed by atoms with Crippen molar-refractivity contribution in [3.63, 3.8) is 0 Å². The van der Waals surface area contributed by atoms with Crippen LogP contribution in [0.25, 0.3) is 45.5 Å². The molecule has 0 N–H and O–H groups in total. The third kappa shape index (κ3) is 7.44. The number of methoxy groups -OCH3 is 6. The monoisotopic (exact) mass is 786 g/mol. The molecule has 0 bridgehead atoms. The van der Waals surface area contributed by atoms with Crippen LogP contribution in [0.5, 0.6) is 34.5 Å². The zero-order valence-corrected chi connectivity index (χ0v) is 33.2. The summed E-state index contributed by atoms with van der Waals surface area (Å²) in [5.41, 5.74) is 27.4. The molecular weight excluding hydrogens is 747 g/mol. The molecule has 296 valence electrons. The van der Waals surface area contributed by atoms with Gasteiger partial charge in [0.15, 0.2) is 23.0 Å². The van der Waals surface area contributed by atoms with Gasteiger partial charge in [-0.2, -0.15) is 9.58 Å². The van der Waals surface area contributed by atoms with E-state index in [1.165, 1.54) is 66.9 Å². The van der Waals surface area contributed by atoms with Crippen molar-refractivity contribution >= 4 is 51.7 Å². The van der Waals surface area contributed by atoms with Gasteiger partial charge in [0.25, 0.3) is 0 Å². The summed E-state index contributed by atoms with van der Waals surface area (Å²) in [5.74, 6) is 0.712. The molecule has 6 rings (SSSR count). The van der Waals surface area contributed by atoms with E-state index in [1.54, 1.807) is 36.4 Å². The van der Waals surface area contributed by atoms with E-state index in [-0.39, 0.29) is 24.3 Å². The average Bonchev–Trinajstić information content (AvgIpc) is 3.63. The van der Waals surface area contributed by atoms with Crippen LogP contribution in [0.15, 0.2) is 71.8 Å². The summed E-state index contributed by atoms with van der Waals surface area (Å²) in [7, 11) is 9.06. The normalized spacial score (nSPS) is 14.2. The van der Waals surface area contributed by atoms with Gasteiger partial charge in [-0.3, -0.25) is 4.79 Å². The SMILES string of the molecule is COc1cc(/C=C2\C(C)=C(CC(=[N+]=[N-])C(=O)C(CC3=C(C)/C(=C\c4cc(OC)c(OC)c(OC)c4)c4ccc(F)cc43)=[N+]=[N-])c3cc(F)ccc32)cc(OC)c1OC. The van der Waals surface area contributed by atoms with E-state index >= 15 is 0 Å². The Morgan fingerprint density at radius 1 is 0.552 bits per heavy atom. The molecule has 0 aromatic heterocycles. The predicted molar refractivity (Wildman–Crippen MR) is 217 cm³/mol. The molecule has 0 saturated carbocycles. The summed E-state index contributed by atoms with van der Waals surface area (Å²) in [4.78, 5) is 20.8. The quantitative estimate of drug-likeness (QED) is 0.0704. The fraction of sp³-hybridized carbons (Fsp3) is 0.222. The van der Waals surface area contributed by atoms with Gasteiger partial charge in [0.2, 0.25) is 11.5 Å². The highest BCUT2D eigenvalue weighted by molar-refractivity contribution is 6.65. The van der Waals surface area contributed by atoms with Crippen molar-refractivity contribution < 1.29 is 51.6 Å². The lowest BCUT2D eigenvalue weighted by Crippen LogP contribution is -2.26. The highest BCUT2D eigenvalue weighted by Crippen LogP contribution is 2.47. The molecule has 0 fully saturated rings. The van der Waals surface area contributed by atoms with E-state index in [0.717, 1.165) is 11.1 Å². The lowest BCUT2D eigenvalue weighted by Gasteiger charge is -2.13. The summed E-state index contributed by atoms with van der Waals surface area (Å²) in [5, 5.41) is 0.